The number of aliphatic imine (C=N–C) groups is 1. The van der Waals surface area contributed by atoms with Crippen LogP contribution in [0.25, 0.3) is 0 Å². The van der Waals surface area contributed by atoms with Crippen molar-refractivity contribution in [1.82, 2.24) is 10.6 Å². The van der Waals surface area contributed by atoms with Crippen LogP contribution >= 0.6 is 0 Å². The van der Waals surface area contributed by atoms with Crippen molar-refractivity contribution in [3.05, 3.63) is 29.8 Å². The number of hydrogen-bond donors (Lipinski definition) is 2. The van der Waals surface area contributed by atoms with E-state index in [-0.39, 0.29) is 0 Å². The Morgan fingerprint density at radius 2 is 2.04 bits per heavy atom. The van der Waals surface area contributed by atoms with Crippen LogP contribution in [-0.2, 0) is 11.3 Å². The van der Waals surface area contributed by atoms with E-state index in [1.165, 1.54) is 12.0 Å². The van der Waals surface area contributed by atoms with Gasteiger partial charge in [0.25, 0.3) is 0 Å². The molecule has 2 rings (SSSR count). The molecular weight excluding hydrogens is 290 g/mol. The topological polar surface area (TPSA) is 54.9 Å². The van der Waals surface area contributed by atoms with Crippen molar-refractivity contribution in [2.24, 2.45) is 10.9 Å². The van der Waals surface area contributed by atoms with Gasteiger partial charge in [-0.2, -0.15) is 0 Å². The first-order valence-corrected chi connectivity index (χ1v) is 8.48. The molecule has 2 N–H and O–H groups in total. The number of methoxy groups -OCH3 is 1. The van der Waals surface area contributed by atoms with Crippen LogP contribution in [0.1, 0.15) is 32.3 Å². The van der Waals surface area contributed by atoms with Crippen LogP contribution in [-0.4, -0.2) is 38.9 Å². The third-order valence-corrected chi connectivity index (χ3v) is 3.97. The zero-order valence-corrected chi connectivity index (χ0v) is 14.5. The van der Waals surface area contributed by atoms with E-state index < -0.39 is 0 Å². The molecule has 0 aliphatic heterocycles. The Morgan fingerprint density at radius 3 is 2.65 bits per heavy atom. The first-order chi connectivity index (χ1) is 11.2. The molecule has 2 atom stereocenters. The molecule has 1 saturated carbocycles. The summed E-state index contributed by atoms with van der Waals surface area (Å²) < 4.78 is 10.5. The van der Waals surface area contributed by atoms with E-state index in [9.17, 15) is 0 Å². The Bertz CT molecular complexity index is 488. The predicted molar refractivity (Wildman–Crippen MR) is 94.0 cm³/mol. The van der Waals surface area contributed by atoms with Gasteiger partial charge in [-0.05, 0) is 43.4 Å². The van der Waals surface area contributed by atoms with Gasteiger partial charge >= 0.3 is 0 Å². The van der Waals surface area contributed by atoms with E-state index in [0.717, 1.165) is 43.8 Å². The lowest BCUT2D eigenvalue weighted by molar-refractivity contribution is 0.145. The number of rotatable bonds is 9. The quantitative estimate of drug-likeness (QED) is 0.417. The molecule has 0 radical (unpaired) electrons. The van der Waals surface area contributed by atoms with Crippen LogP contribution in [0.5, 0.6) is 5.75 Å². The van der Waals surface area contributed by atoms with Crippen LogP contribution in [0.3, 0.4) is 0 Å². The van der Waals surface area contributed by atoms with Gasteiger partial charge < -0.3 is 20.1 Å². The van der Waals surface area contributed by atoms with E-state index in [4.69, 9.17) is 14.5 Å². The molecule has 2 unspecified atom stereocenters. The maximum absolute atomic E-state index is 5.36. The van der Waals surface area contributed by atoms with Crippen LogP contribution in [0.15, 0.2) is 29.3 Å². The van der Waals surface area contributed by atoms with Crippen molar-refractivity contribution in [2.75, 3.05) is 26.9 Å². The zero-order valence-electron chi connectivity index (χ0n) is 14.5. The minimum absolute atomic E-state index is 0.559. The Kier molecular flexibility index (Phi) is 7.20. The summed E-state index contributed by atoms with van der Waals surface area (Å²) >= 11 is 0. The predicted octanol–water partition coefficient (Wildman–Crippen LogP) is 2.57. The Morgan fingerprint density at radius 1 is 1.30 bits per heavy atom. The number of nitrogens with one attached hydrogen (secondary N) is 2. The average molecular weight is 319 g/mol. The first kappa shape index (κ1) is 17.6. The third kappa shape index (κ3) is 6.48. The van der Waals surface area contributed by atoms with E-state index in [0.29, 0.717) is 12.6 Å². The van der Waals surface area contributed by atoms with Crippen LogP contribution < -0.4 is 15.4 Å². The summed E-state index contributed by atoms with van der Waals surface area (Å²) in [6, 6.07) is 8.60. The molecular formula is C18H29N3O2. The second kappa shape index (κ2) is 9.40. The van der Waals surface area contributed by atoms with Gasteiger partial charge in [0.15, 0.2) is 5.96 Å². The molecule has 5 heteroatoms. The third-order valence-electron chi connectivity index (χ3n) is 3.97. The summed E-state index contributed by atoms with van der Waals surface area (Å²) in [5, 5.41) is 6.90. The van der Waals surface area contributed by atoms with Crippen LogP contribution in [0.4, 0.5) is 0 Å². The van der Waals surface area contributed by atoms with Gasteiger partial charge in [-0.25, -0.2) is 4.99 Å². The molecule has 0 spiro atoms. The average Bonchev–Trinajstić information content (AvgIpc) is 3.27. The van der Waals surface area contributed by atoms with Crippen LogP contribution in [0.2, 0.25) is 0 Å². The molecule has 1 fully saturated rings. The van der Waals surface area contributed by atoms with Gasteiger partial charge in [0, 0.05) is 25.8 Å². The molecule has 1 aliphatic carbocycles. The summed E-state index contributed by atoms with van der Waals surface area (Å²) in [6.45, 7) is 7.37. The number of hydrogen-bond acceptors (Lipinski definition) is 3. The van der Waals surface area contributed by atoms with Crippen molar-refractivity contribution in [1.29, 1.82) is 0 Å². The molecule has 0 amide bonds. The zero-order chi connectivity index (χ0) is 16.5. The molecule has 23 heavy (non-hydrogen) atoms. The molecule has 5 nitrogen and oxygen atoms in total. The lowest BCUT2D eigenvalue weighted by atomic mass is 10.2. The minimum atomic E-state index is 0.559. The van der Waals surface area contributed by atoms with Gasteiger partial charge in [-0.3, -0.25) is 0 Å². The summed E-state index contributed by atoms with van der Waals surface area (Å²) in [5.74, 6) is 2.51. The fourth-order valence-electron chi connectivity index (χ4n) is 2.28. The van der Waals surface area contributed by atoms with Crippen molar-refractivity contribution < 1.29 is 9.47 Å². The summed E-state index contributed by atoms with van der Waals surface area (Å²) in [4.78, 5) is 4.69. The Hall–Kier alpha value is -1.75. The minimum Gasteiger partial charge on any atom is -0.497 e. The van der Waals surface area contributed by atoms with Crippen molar-refractivity contribution in [3.8, 4) is 5.75 Å². The van der Waals surface area contributed by atoms with Crippen molar-refractivity contribution in [2.45, 2.75) is 39.3 Å². The van der Waals surface area contributed by atoms with E-state index in [1.807, 2.05) is 19.1 Å². The lowest BCUT2D eigenvalue weighted by Crippen LogP contribution is -2.39. The van der Waals surface area contributed by atoms with E-state index >= 15 is 0 Å². The normalized spacial score (nSPS) is 20.2. The highest BCUT2D eigenvalue weighted by atomic mass is 16.5. The van der Waals surface area contributed by atoms with Gasteiger partial charge in [0.05, 0.1) is 13.7 Å². The van der Waals surface area contributed by atoms with E-state index in [2.05, 4.69) is 29.7 Å². The van der Waals surface area contributed by atoms with Crippen molar-refractivity contribution >= 4 is 5.96 Å². The molecule has 1 aliphatic rings. The Labute approximate surface area is 139 Å². The first-order valence-electron chi connectivity index (χ1n) is 8.48. The Balaban J connectivity index is 1.83. The van der Waals surface area contributed by atoms with E-state index in [1.54, 1.807) is 7.11 Å². The molecule has 0 heterocycles. The summed E-state index contributed by atoms with van der Waals surface area (Å²) in [5.41, 5.74) is 1.17. The maximum atomic E-state index is 5.36. The monoisotopic (exact) mass is 319 g/mol. The molecule has 0 bridgehead atoms. The number of benzene rings is 1. The summed E-state index contributed by atoms with van der Waals surface area (Å²) in [6.07, 6.45) is 2.21. The van der Waals surface area contributed by atoms with Crippen molar-refractivity contribution in [3.63, 3.8) is 0 Å². The molecule has 1 aromatic rings. The van der Waals surface area contributed by atoms with Crippen LogP contribution in [0, 0.1) is 5.92 Å². The SMILES string of the molecule is CCOCCCNC(=NCc1ccc(OC)cc1)NC1CC1C. The smallest absolute Gasteiger partial charge is 0.191 e. The molecule has 1 aromatic carbocycles. The number of ether oxygens (including phenoxy) is 2. The fraction of sp³-hybridized carbons (Fsp3) is 0.611. The van der Waals surface area contributed by atoms with Gasteiger partial charge in [0.2, 0.25) is 0 Å². The van der Waals surface area contributed by atoms with Gasteiger partial charge in [-0.15, -0.1) is 0 Å². The highest BCUT2D eigenvalue weighted by Gasteiger charge is 2.33. The standard InChI is InChI=1S/C18H29N3O2/c1-4-23-11-5-10-19-18(21-17-12-14(17)2)20-13-15-6-8-16(22-3)9-7-15/h6-9,14,17H,4-5,10-13H2,1-3H3,(H2,19,20,21). The highest BCUT2D eigenvalue weighted by Crippen LogP contribution is 2.28. The molecule has 0 saturated heterocycles. The number of nitrogens with zero attached hydrogens (tertiary/aromatic N) is 1. The molecule has 128 valence electrons. The lowest BCUT2D eigenvalue weighted by Gasteiger charge is -2.12. The summed E-state index contributed by atoms with van der Waals surface area (Å²) in [7, 11) is 1.68. The maximum Gasteiger partial charge on any atom is 0.191 e. The van der Waals surface area contributed by atoms with Gasteiger partial charge in [-0.1, -0.05) is 19.1 Å². The highest BCUT2D eigenvalue weighted by molar-refractivity contribution is 5.80. The molecule has 0 aromatic heterocycles. The number of guanidine groups is 1. The fourth-order valence-corrected chi connectivity index (χ4v) is 2.28. The second-order valence-electron chi connectivity index (χ2n) is 5.95. The second-order valence-corrected chi connectivity index (χ2v) is 5.95. The largest absolute Gasteiger partial charge is 0.497 e. The van der Waals surface area contributed by atoms with Gasteiger partial charge in [0.1, 0.15) is 5.75 Å².